The molecule has 1 aromatic heterocycles. The lowest BCUT2D eigenvalue weighted by molar-refractivity contribution is 0.0939. The predicted octanol–water partition coefficient (Wildman–Crippen LogP) is 3.23. The number of nitrogens with zero attached hydrogens (tertiary/aromatic N) is 1. The molecule has 0 amide bonds. The van der Waals surface area contributed by atoms with Gasteiger partial charge in [-0.25, -0.2) is 4.98 Å². The molecule has 0 N–H and O–H groups in total. The Kier molecular flexibility index (Phi) is 2.77. The Hall–Kier alpha value is -1.64. The first kappa shape index (κ1) is 10.9. The number of hydrogen-bond donors (Lipinski definition) is 0. The van der Waals surface area contributed by atoms with E-state index in [1.807, 2.05) is 26.8 Å². The second-order valence-electron chi connectivity index (χ2n) is 4.16. The topological polar surface area (TPSA) is 43.1 Å². The lowest BCUT2D eigenvalue weighted by Crippen LogP contribution is -2.06. The van der Waals surface area contributed by atoms with Gasteiger partial charge in [0.25, 0.3) is 0 Å². The van der Waals surface area contributed by atoms with Gasteiger partial charge in [0.2, 0.25) is 0 Å². The zero-order chi connectivity index (χ0) is 11.7. The van der Waals surface area contributed by atoms with Crippen LogP contribution in [-0.2, 0) is 6.42 Å². The van der Waals surface area contributed by atoms with E-state index < -0.39 is 0 Å². The summed E-state index contributed by atoms with van der Waals surface area (Å²) in [4.78, 5) is 16.1. The van der Waals surface area contributed by atoms with Gasteiger partial charge in [-0.15, -0.1) is 0 Å². The van der Waals surface area contributed by atoms with Crippen LogP contribution in [0, 0.1) is 5.92 Å². The van der Waals surface area contributed by atoms with Crippen LogP contribution >= 0.6 is 0 Å². The second-order valence-corrected chi connectivity index (χ2v) is 4.16. The number of carbonyl (C=O) groups excluding carboxylic acids is 1. The highest BCUT2D eigenvalue weighted by Crippen LogP contribution is 2.19. The van der Waals surface area contributed by atoms with E-state index in [0.29, 0.717) is 11.5 Å². The highest BCUT2D eigenvalue weighted by Gasteiger charge is 2.12. The van der Waals surface area contributed by atoms with Gasteiger partial charge in [-0.2, -0.15) is 0 Å². The number of fused-ring (bicyclic) bond motifs is 1. The molecule has 0 radical (unpaired) electrons. The number of carbonyl (C=O) groups is 1. The lowest BCUT2D eigenvalue weighted by atomic mass is 10.0. The fourth-order valence-corrected chi connectivity index (χ4v) is 1.61. The van der Waals surface area contributed by atoms with Crippen LogP contribution in [0.25, 0.3) is 11.1 Å². The first-order valence-electron chi connectivity index (χ1n) is 5.55. The van der Waals surface area contributed by atoms with E-state index in [4.69, 9.17) is 4.42 Å². The van der Waals surface area contributed by atoms with Gasteiger partial charge < -0.3 is 4.42 Å². The maximum absolute atomic E-state index is 11.8. The van der Waals surface area contributed by atoms with Crippen molar-refractivity contribution in [2.24, 2.45) is 5.92 Å². The van der Waals surface area contributed by atoms with Crippen LogP contribution in [0.4, 0.5) is 0 Å². The molecule has 2 aromatic rings. The van der Waals surface area contributed by atoms with Crippen LogP contribution in [0.5, 0.6) is 0 Å². The minimum Gasteiger partial charge on any atom is -0.441 e. The SMILES string of the molecule is CCc1nc2cc(C(=O)C(C)C)ccc2o1. The van der Waals surface area contributed by atoms with Gasteiger partial charge in [-0.1, -0.05) is 20.8 Å². The zero-order valence-corrected chi connectivity index (χ0v) is 9.78. The quantitative estimate of drug-likeness (QED) is 0.741. The monoisotopic (exact) mass is 217 g/mol. The molecule has 0 fully saturated rings. The Balaban J connectivity index is 2.47. The van der Waals surface area contributed by atoms with Crippen molar-refractivity contribution in [2.75, 3.05) is 0 Å². The number of ketones is 1. The van der Waals surface area contributed by atoms with Crippen LogP contribution in [0.1, 0.15) is 37.0 Å². The largest absolute Gasteiger partial charge is 0.441 e. The maximum Gasteiger partial charge on any atom is 0.195 e. The summed E-state index contributed by atoms with van der Waals surface area (Å²) in [5.74, 6) is 0.863. The van der Waals surface area contributed by atoms with Crippen LogP contribution in [0.2, 0.25) is 0 Å². The number of hydrogen-bond acceptors (Lipinski definition) is 3. The molecular weight excluding hydrogens is 202 g/mol. The summed E-state index contributed by atoms with van der Waals surface area (Å²) in [5, 5.41) is 0. The Bertz CT molecular complexity index is 526. The summed E-state index contributed by atoms with van der Waals surface area (Å²) in [6.07, 6.45) is 0.766. The third-order valence-electron chi connectivity index (χ3n) is 2.54. The molecule has 3 heteroatoms. The molecule has 2 rings (SSSR count). The molecule has 1 heterocycles. The third kappa shape index (κ3) is 1.85. The first-order valence-corrected chi connectivity index (χ1v) is 5.55. The molecule has 0 bridgehead atoms. The molecule has 0 aliphatic rings. The summed E-state index contributed by atoms with van der Waals surface area (Å²) in [5.41, 5.74) is 2.22. The number of oxazole rings is 1. The number of benzene rings is 1. The second kappa shape index (κ2) is 4.08. The summed E-state index contributed by atoms with van der Waals surface area (Å²) >= 11 is 0. The van der Waals surface area contributed by atoms with Crippen molar-refractivity contribution in [2.45, 2.75) is 27.2 Å². The minimum atomic E-state index is 0.00926. The fraction of sp³-hybridized carbons (Fsp3) is 0.385. The molecular formula is C13H15NO2. The van der Waals surface area contributed by atoms with Crippen molar-refractivity contribution in [1.82, 2.24) is 4.98 Å². The number of rotatable bonds is 3. The van der Waals surface area contributed by atoms with E-state index in [2.05, 4.69) is 4.98 Å². The maximum atomic E-state index is 11.8. The van der Waals surface area contributed by atoms with E-state index in [1.165, 1.54) is 0 Å². The Morgan fingerprint density at radius 1 is 1.44 bits per heavy atom. The van der Waals surface area contributed by atoms with E-state index in [9.17, 15) is 4.79 Å². The van der Waals surface area contributed by atoms with Crippen LogP contribution in [0.15, 0.2) is 22.6 Å². The molecule has 0 atom stereocenters. The van der Waals surface area contributed by atoms with Crippen LogP contribution < -0.4 is 0 Å². The van der Waals surface area contributed by atoms with Gasteiger partial charge in [-0.05, 0) is 18.2 Å². The van der Waals surface area contributed by atoms with Crippen molar-refractivity contribution in [3.05, 3.63) is 29.7 Å². The zero-order valence-electron chi connectivity index (χ0n) is 9.78. The molecule has 0 unspecified atom stereocenters. The van der Waals surface area contributed by atoms with Gasteiger partial charge in [0.05, 0.1) is 0 Å². The fourth-order valence-electron chi connectivity index (χ4n) is 1.61. The average molecular weight is 217 g/mol. The Morgan fingerprint density at radius 3 is 2.81 bits per heavy atom. The summed E-state index contributed by atoms with van der Waals surface area (Å²) in [6.45, 7) is 5.78. The summed E-state index contributed by atoms with van der Waals surface area (Å²) in [7, 11) is 0. The Morgan fingerprint density at radius 2 is 2.19 bits per heavy atom. The Labute approximate surface area is 94.5 Å². The molecule has 0 saturated carbocycles. The highest BCUT2D eigenvalue weighted by atomic mass is 16.3. The number of aryl methyl sites for hydroxylation is 1. The number of aromatic nitrogens is 1. The van der Waals surface area contributed by atoms with Gasteiger partial charge in [-0.3, -0.25) is 4.79 Å². The highest BCUT2D eigenvalue weighted by molar-refractivity contribution is 5.99. The minimum absolute atomic E-state index is 0.00926. The molecule has 16 heavy (non-hydrogen) atoms. The van der Waals surface area contributed by atoms with Crippen molar-refractivity contribution >= 4 is 16.9 Å². The van der Waals surface area contributed by atoms with E-state index in [0.717, 1.165) is 17.5 Å². The normalized spacial score (nSPS) is 11.2. The van der Waals surface area contributed by atoms with Crippen molar-refractivity contribution < 1.29 is 9.21 Å². The van der Waals surface area contributed by atoms with Crippen molar-refractivity contribution in [3.8, 4) is 0 Å². The molecule has 84 valence electrons. The van der Waals surface area contributed by atoms with Gasteiger partial charge in [0, 0.05) is 17.9 Å². The molecule has 0 aliphatic heterocycles. The van der Waals surface area contributed by atoms with Gasteiger partial charge in [0.15, 0.2) is 17.3 Å². The van der Waals surface area contributed by atoms with Crippen LogP contribution in [-0.4, -0.2) is 10.8 Å². The van der Waals surface area contributed by atoms with Crippen molar-refractivity contribution in [3.63, 3.8) is 0 Å². The van der Waals surface area contributed by atoms with E-state index >= 15 is 0 Å². The van der Waals surface area contributed by atoms with Gasteiger partial charge in [0.1, 0.15) is 5.52 Å². The summed E-state index contributed by atoms with van der Waals surface area (Å²) < 4.78 is 5.49. The first-order chi connectivity index (χ1) is 7.61. The molecule has 0 saturated heterocycles. The molecule has 3 nitrogen and oxygen atoms in total. The molecule has 1 aromatic carbocycles. The molecule has 0 aliphatic carbocycles. The molecule has 0 spiro atoms. The standard InChI is InChI=1S/C13H15NO2/c1-4-12-14-10-7-9(13(15)8(2)3)5-6-11(10)16-12/h5-8H,4H2,1-3H3. The van der Waals surface area contributed by atoms with Gasteiger partial charge >= 0.3 is 0 Å². The third-order valence-corrected chi connectivity index (χ3v) is 2.54. The summed E-state index contributed by atoms with van der Waals surface area (Å²) in [6, 6.07) is 5.42. The lowest BCUT2D eigenvalue weighted by Gasteiger charge is -2.02. The predicted molar refractivity (Wildman–Crippen MR) is 62.6 cm³/mol. The van der Waals surface area contributed by atoms with Crippen molar-refractivity contribution in [1.29, 1.82) is 0 Å². The average Bonchev–Trinajstić information content (AvgIpc) is 2.69. The van der Waals surface area contributed by atoms with E-state index in [-0.39, 0.29) is 11.7 Å². The van der Waals surface area contributed by atoms with E-state index in [1.54, 1.807) is 12.1 Å². The van der Waals surface area contributed by atoms with Crippen LogP contribution in [0.3, 0.4) is 0 Å². The smallest absolute Gasteiger partial charge is 0.195 e. The number of Topliss-reactive ketones (excluding diaryl/α,β-unsaturated/α-hetero) is 1.